The Morgan fingerprint density at radius 1 is 0.523 bits per heavy atom. The largest absolute Gasteiger partial charge is 0.375 e. The highest BCUT2D eigenvalue weighted by Crippen LogP contribution is 2.39. The fraction of sp³-hybridized carbons (Fsp3) is 0.810. The molecular formula is C42H77NO. The molecule has 0 spiro atoms. The average molecular weight is 612 g/mol. The third-order valence-electron chi connectivity index (χ3n) is 9.33. The Labute approximate surface area is 277 Å². The van der Waals surface area contributed by atoms with E-state index in [1.165, 1.54) is 161 Å². The molecule has 1 fully saturated rings. The molecule has 2 heteroatoms. The number of nitrogens with zero attached hydrogens (tertiary/aromatic N) is 1. The highest BCUT2D eigenvalue weighted by atomic mass is 16.5. The SMILES string of the molecule is CCCCC/C=C\C/C=C\CCCCCCCCC1(CCCCCCC/C=C\C/C=C\CCCCC)CC(CN(C)C)CO1. The van der Waals surface area contributed by atoms with E-state index in [9.17, 15) is 0 Å². The van der Waals surface area contributed by atoms with Gasteiger partial charge in [0.1, 0.15) is 0 Å². The predicted octanol–water partition coefficient (Wildman–Crippen LogP) is 13.3. The smallest absolute Gasteiger partial charge is 0.0686 e. The van der Waals surface area contributed by atoms with E-state index >= 15 is 0 Å². The molecule has 0 radical (unpaired) electrons. The molecule has 0 aromatic heterocycles. The maximum Gasteiger partial charge on any atom is 0.0686 e. The van der Waals surface area contributed by atoms with Crippen molar-refractivity contribution in [1.82, 2.24) is 4.90 Å². The van der Waals surface area contributed by atoms with Gasteiger partial charge in [-0.15, -0.1) is 0 Å². The summed E-state index contributed by atoms with van der Waals surface area (Å²) in [5.74, 6) is 0.715. The first-order valence-electron chi connectivity index (χ1n) is 19.5. The predicted molar refractivity (Wildman–Crippen MR) is 199 cm³/mol. The first-order valence-corrected chi connectivity index (χ1v) is 19.5. The summed E-state index contributed by atoms with van der Waals surface area (Å²) in [7, 11) is 4.42. The highest BCUT2D eigenvalue weighted by Gasteiger charge is 2.39. The highest BCUT2D eigenvalue weighted by molar-refractivity contribution is 4.94. The standard InChI is InChI=1S/C42H77NO/c1-5-7-9-11-13-15-17-19-21-23-25-27-29-31-33-35-37-42(38-41(40-44-42)39-43(3)4)36-34-32-30-28-26-24-22-20-18-16-14-12-10-8-6-2/h13-16,19-22,41H,5-12,17-18,23-40H2,1-4H3/b15-13-,16-14-,21-19-,22-20-. The van der Waals surface area contributed by atoms with Crippen molar-refractivity contribution in [3.05, 3.63) is 48.6 Å². The summed E-state index contributed by atoms with van der Waals surface area (Å²) in [6.07, 6.45) is 53.1. The average Bonchev–Trinajstić information content (AvgIpc) is 3.40. The van der Waals surface area contributed by atoms with Crippen LogP contribution in [0.3, 0.4) is 0 Å². The second-order valence-electron chi connectivity index (χ2n) is 14.1. The molecule has 2 atom stereocenters. The minimum Gasteiger partial charge on any atom is -0.375 e. The Hall–Kier alpha value is -1.12. The Bertz CT molecular complexity index is 719. The normalized spacial score (nSPS) is 19.3. The van der Waals surface area contributed by atoms with Gasteiger partial charge in [-0.05, 0) is 103 Å². The quantitative estimate of drug-likeness (QED) is 0.0571. The Kier molecular flexibility index (Phi) is 28.4. The summed E-state index contributed by atoms with van der Waals surface area (Å²) < 4.78 is 6.64. The molecule has 0 bridgehead atoms. The van der Waals surface area contributed by atoms with Gasteiger partial charge in [-0.1, -0.05) is 146 Å². The van der Waals surface area contributed by atoms with Crippen LogP contribution >= 0.6 is 0 Å². The van der Waals surface area contributed by atoms with Gasteiger partial charge in [0.2, 0.25) is 0 Å². The van der Waals surface area contributed by atoms with Crippen molar-refractivity contribution in [1.29, 1.82) is 0 Å². The molecule has 0 N–H and O–H groups in total. The lowest BCUT2D eigenvalue weighted by atomic mass is 9.84. The fourth-order valence-electron chi connectivity index (χ4n) is 6.74. The first kappa shape index (κ1) is 40.9. The first-order chi connectivity index (χ1) is 21.6. The maximum atomic E-state index is 6.64. The Morgan fingerprint density at radius 2 is 0.909 bits per heavy atom. The van der Waals surface area contributed by atoms with Gasteiger partial charge in [-0.3, -0.25) is 0 Å². The number of hydrogen-bond acceptors (Lipinski definition) is 2. The van der Waals surface area contributed by atoms with E-state index in [0.29, 0.717) is 5.92 Å². The lowest BCUT2D eigenvalue weighted by Gasteiger charge is -2.29. The summed E-state index contributed by atoms with van der Waals surface area (Å²) in [5.41, 5.74) is 0.169. The summed E-state index contributed by atoms with van der Waals surface area (Å²) in [5, 5.41) is 0. The van der Waals surface area contributed by atoms with Gasteiger partial charge < -0.3 is 9.64 Å². The fourth-order valence-corrected chi connectivity index (χ4v) is 6.74. The summed E-state index contributed by atoms with van der Waals surface area (Å²) in [6, 6.07) is 0. The molecule has 0 aromatic rings. The van der Waals surface area contributed by atoms with E-state index in [2.05, 4.69) is 81.5 Å². The van der Waals surface area contributed by atoms with Crippen LogP contribution in [0.1, 0.15) is 181 Å². The molecule has 2 nitrogen and oxygen atoms in total. The Balaban J connectivity index is 2.14. The number of hydrogen-bond donors (Lipinski definition) is 0. The number of allylic oxidation sites excluding steroid dienone is 8. The van der Waals surface area contributed by atoms with Crippen molar-refractivity contribution in [3.63, 3.8) is 0 Å². The van der Waals surface area contributed by atoms with Gasteiger partial charge in [0.15, 0.2) is 0 Å². The van der Waals surface area contributed by atoms with Gasteiger partial charge in [0, 0.05) is 6.54 Å². The van der Waals surface area contributed by atoms with E-state index in [-0.39, 0.29) is 5.60 Å². The zero-order valence-electron chi connectivity index (χ0n) is 30.4. The van der Waals surface area contributed by atoms with Crippen molar-refractivity contribution in [2.75, 3.05) is 27.2 Å². The lowest BCUT2D eigenvalue weighted by molar-refractivity contribution is -0.0143. The van der Waals surface area contributed by atoms with Gasteiger partial charge in [-0.2, -0.15) is 0 Å². The van der Waals surface area contributed by atoms with Crippen molar-refractivity contribution in [3.8, 4) is 0 Å². The van der Waals surface area contributed by atoms with Gasteiger partial charge in [0.25, 0.3) is 0 Å². The van der Waals surface area contributed by atoms with Crippen LogP contribution in [0.25, 0.3) is 0 Å². The number of unbranched alkanes of at least 4 members (excludes halogenated alkanes) is 17. The second-order valence-corrected chi connectivity index (χ2v) is 14.1. The number of ether oxygens (including phenoxy) is 1. The van der Waals surface area contributed by atoms with Crippen LogP contribution in [0.5, 0.6) is 0 Å². The molecule has 256 valence electrons. The second kappa shape index (κ2) is 30.5. The minimum atomic E-state index is 0.169. The van der Waals surface area contributed by atoms with Crippen LogP contribution < -0.4 is 0 Å². The van der Waals surface area contributed by atoms with E-state index in [0.717, 1.165) is 19.4 Å². The summed E-state index contributed by atoms with van der Waals surface area (Å²) in [6.45, 7) is 6.69. The van der Waals surface area contributed by atoms with E-state index in [1.807, 2.05) is 0 Å². The van der Waals surface area contributed by atoms with Crippen molar-refractivity contribution >= 4 is 0 Å². The van der Waals surface area contributed by atoms with Gasteiger partial charge in [0.05, 0.1) is 12.2 Å². The molecule has 1 aliphatic rings. The van der Waals surface area contributed by atoms with E-state index in [1.54, 1.807) is 0 Å². The minimum absolute atomic E-state index is 0.169. The van der Waals surface area contributed by atoms with Crippen molar-refractivity contribution in [2.45, 2.75) is 186 Å². The molecule has 0 amide bonds. The monoisotopic (exact) mass is 612 g/mol. The molecule has 0 saturated carbocycles. The maximum absolute atomic E-state index is 6.64. The van der Waals surface area contributed by atoms with Crippen LogP contribution in [0.4, 0.5) is 0 Å². The van der Waals surface area contributed by atoms with E-state index < -0.39 is 0 Å². The Morgan fingerprint density at radius 3 is 1.32 bits per heavy atom. The zero-order chi connectivity index (χ0) is 31.8. The van der Waals surface area contributed by atoms with Crippen LogP contribution in [0.2, 0.25) is 0 Å². The third kappa shape index (κ3) is 25.1. The molecule has 0 aromatic carbocycles. The molecule has 1 rings (SSSR count). The molecular weight excluding hydrogens is 534 g/mol. The van der Waals surface area contributed by atoms with Crippen molar-refractivity contribution in [2.24, 2.45) is 5.92 Å². The topological polar surface area (TPSA) is 12.5 Å². The molecule has 1 aliphatic heterocycles. The van der Waals surface area contributed by atoms with Gasteiger partial charge in [-0.25, -0.2) is 0 Å². The molecule has 0 aliphatic carbocycles. The van der Waals surface area contributed by atoms with Gasteiger partial charge >= 0.3 is 0 Å². The van der Waals surface area contributed by atoms with Crippen LogP contribution in [0, 0.1) is 5.92 Å². The third-order valence-corrected chi connectivity index (χ3v) is 9.33. The zero-order valence-corrected chi connectivity index (χ0v) is 30.4. The molecule has 44 heavy (non-hydrogen) atoms. The summed E-state index contributed by atoms with van der Waals surface area (Å²) >= 11 is 0. The van der Waals surface area contributed by atoms with Crippen LogP contribution in [0.15, 0.2) is 48.6 Å². The summed E-state index contributed by atoms with van der Waals surface area (Å²) in [4.78, 5) is 2.35. The van der Waals surface area contributed by atoms with E-state index in [4.69, 9.17) is 4.74 Å². The molecule has 1 saturated heterocycles. The van der Waals surface area contributed by atoms with Crippen LogP contribution in [-0.2, 0) is 4.74 Å². The molecule has 1 heterocycles. The van der Waals surface area contributed by atoms with Crippen molar-refractivity contribution < 1.29 is 4.74 Å². The lowest BCUT2D eigenvalue weighted by Crippen LogP contribution is -2.29. The molecule has 2 unspecified atom stereocenters. The number of rotatable bonds is 31. The van der Waals surface area contributed by atoms with Crippen LogP contribution in [-0.4, -0.2) is 37.7 Å².